The zero-order valence-corrected chi connectivity index (χ0v) is 17.1. The van der Waals surface area contributed by atoms with Crippen LogP contribution in [-0.4, -0.2) is 17.8 Å². The van der Waals surface area contributed by atoms with Crippen LogP contribution in [0.5, 0.6) is 5.75 Å². The van der Waals surface area contributed by atoms with Gasteiger partial charge in [0.1, 0.15) is 12.4 Å². The first-order chi connectivity index (χ1) is 15.9. The normalized spacial score (nSPS) is 14.8. The van der Waals surface area contributed by atoms with Gasteiger partial charge >= 0.3 is 6.18 Å². The third-order valence-electron chi connectivity index (χ3n) is 4.89. The number of benzene rings is 3. The van der Waals surface area contributed by atoms with Gasteiger partial charge in [0.15, 0.2) is 5.71 Å². The number of rotatable bonds is 5. The number of amides is 1. The molecule has 1 aliphatic heterocycles. The highest BCUT2D eigenvalue weighted by Gasteiger charge is 2.46. The Bertz CT molecular complexity index is 1290. The molecular formula is C25H16F3N3O2. The van der Waals surface area contributed by atoms with E-state index in [2.05, 4.69) is 11.2 Å². The predicted molar refractivity (Wildman–Crippen MR) is 117 cm³/mol. The van der Waals surface area contributed by atoms with Crippen molar-refractivity contribution in [1.29, 1.82) is 5.26 Å². The van der Waals surface area contributed by atoms with Crippen LogP contribution in [0.25, 0.3) is 6.08 Å². The van der Waals surface area contributed by atoms with Crippen LogP contribution in [0, 0.1) is 11.3 Å². The second kappa shape index (κ2) is 9.01. The molecule has 164 valence electrons. The Hall–Kier alpha value is -4.38. The summed E-state index contributed by atoms with van der Waals surface area (Å²) in [6.07, 6.45) is -3.70. The number of nitriles is 1. The third kappa shape index (κ3) is 4.62. The van der Waals surface area contributed by atoms with Gasteiger partial charge in [0.2, 0.25) is 0 Å². The number of hydrogen-bond donors (Lipinski definition) is 0. The highest BCUT2D eigenvalue weighted by Crippen LogP contribution is 2.34. The minimum absolute atomic E-state index is 0.0359. The molecule has 0 unspecified atom stereocenters. The van der Waals surface area contributed by atoms with Crippen molar-refractivity contribution < 1.29 is 22.7 Å². The number of ether oxygens (including phenoxy) is 1. The minimum Gasteiger partial charge on any atom is -0.488 e. The fourth-order valence-corrected chi connectivity index (χ4v) is 3.30. The van der Waals surface area contributed by atoms with Crippen molar-refractivity contribution in [3.8, 4) is 11.8 Å². The molecule has 0 saturated heterocycles. The highest BCUT2D eigenvalue weighted by molar-refractivity contribution is 6.34. The predicted octanol–water partition coefficient (Wildman–Crippen LogP) is 5.49. The quantitative estimate of drug-likeness (QED) is 0.486. The molecule has 0 atom stereocenters. The Labute approximate surface area is 187 Å². The van der Waals surface area contributed by atoms with Crippen LogP contribution >= 0.6 is 0 Å². The maximum absolute atomic E-state index is 13.7. The second-order valence-electron chi connectivity index (χ2n) is 7.05. The van der Waals surface area contributed by atoms with Crippen molar-refractivity contribution >= 4 is 23.4 Å². The van der Waals surface area contributed by atoms with Gasteiger partial charge in [-0.15, -0.1) is 0 Å². The first-order valence-corrected chi connectivity index (χ1v) is 9.85. The van der Waals surface area contributed by atoms with Crippen LogP contribution in [0.3, 0.4) is 0 Å². The number of hydrogen-bond acceptors (Lipinski definition) is 4. The van der Waals surface area contributed by atoms with Crippen LogP contribution in [-0.2, 0) is 11.4 Å². The molecular weight excluding hydrogens is 431 g/mol. The van der Waals surface area contributed by atoms with Crippen molar-refractivity contribution in [2.45, 2.75) is 12.8 Å². The second-order valence-corrected chi connectivity index (χ2v) is 7.05. The molecule has 33 heavy (non-hydrogen) atoms. The molecule has 4 rings (SSSR count). The Morgan fingerprint density at radius 2 is 1.64 bits per heavy atom. The van der Waals surface area contributed by atoms with Crippen molar-refractivity contribution in [2.75, 3.05) is 5.01 Å². The molecule has 1 heterocycles. The summed E-state index contributed by atoms with van der Waals surface area (Å²) in [7, 11) is 0. The summed E-state index contributed by atoms with van der Waals surface area (Å²) in [4.78, 5) is 12.9. The Kier molecular flexibility index (Phi) is 5.96. The largest absolute Gasteiger partial charge is 0.488 e. The van der Waals surface area contributed by atoms with E-state index < -0.39 is 23.4 Å². The number of anilines is 1. The van der Waals surface area contributed by atoms with Gasteiger partial charge in [0.25, 0.3) is 5.91 Å². The number of halogens is 3. The van der Waals surface area contributed by atoms with Gasteiger partial charge in [-0.3, -0.25) is 4.79 Å². The summed E-state index contributed by atoms with van der Waals surface area (Å²) in [5.74, 6) is -0.622. The molecule has 0 bridgehead atoms. The van der Waals surface area contributed by atoms with Gasteiger partial charge in [0, 0.05) is 11.1 Å². The van der Waals surface area contributed by atoms with Crippen LogP contribution in [0.15, 0.2) is 89.5 Å². The molecule has 0 fully saturated rings. The molecule has 3 aromatic carbocycles. The van der Waals surface area contributed by atoms with Crippen molar-refractivity contribution in [1.82, 2.24) is 0 Å². The fraction of sp³-hybridized carbons (Fsp3) is 0.0800. The summed E-state index contributed by atoms with van der Waals surface area (Å²) in [6.45, 7) is 0.0359. The SMILES string of the molecule is N#Cc1ccccc1COc1ccccc1/C=C1\C(=O)N(c2ccccc2)N=C1C(F)(F)F. The summed E-state index contributed by atoms with van der Waals surface area (Å²) in [5, 5.41) is 13.5. The maximum atomic E-state index is 13.7. The van der Waals surface area contributed by atoms with E-state index in [1.54, 1.807) is 66.7 Å². The molecule has 0 radical (unpaired) electrons. The lowest BCUT2D eigenvalue weighted by Gasteiger charge is -2.12. The average Bonchev–Trinajstić information content (AvgIpc) is 3.15. The van der Waals surface area contributed by atoms with Crippen molar-refractivity contribution in [2.24, 2.45) is 5.10 Å². The first-order valence-electron chi connectivity index (χ1n) is 9.85. The summed E-state index contributed by atoms with van der Waals surface area (Å²) < 4.78 is 47.0. The summed E-state index contributed by atoms with van der Waals surface area (Å²) in [6, 6.07) is 23.3. The van der Waals surface area contributed by atoms with Gasteiger partial charge in [-0.1, -0.05) is 54.6 Å². The number of carbonyl (C=O) groups excluding carboxylic acids is 1. The van der Waals surface area contributed by atoms with Crippen LogP contribution in [0.2, 0.25) is 0 Å². The van der Waals surface area contributed by atoms with Crippen LogP contribution in [0.4, 0.5) is 18.9 Å². The van der Waals surface area contributed by atoms with E-state index in [0.717, 1.165) is 11.1 Å². The topological polar surface area (TPSA) is 65.7 Å². The molecule has 0 aromatic heterocycles. The van der Waals surface area contributed by atoms with E-state index in [1.807, 2.05) is 0 Å². The molecule has 0 spiro atoms. The van der Waals surface area contributed by atoms with Crippen LogP contribution < -0.4 is 9.75 Å². The van der Waals surface area contributed by atoms with E-state index in [0.29, 0.717) is 11.1 Å². The van der Waals surface area contributed by atoms with Gasteiger partial charge in [0.05, 0.1) is 22.9 Å². The number of carbonyl (C=O) groups is 1. The molecule has 5 nitrogen and oxygen atoms in total. The molecule has 0 saturated carbocycles. The van der Waals surface area contributed by atoms with E-state index in [4.69, 9.17) is 4.74 Å². The smallest absolute Gasteiger partial charge is 0.435 e. The Morgan fingerprint density at radius 1 is 0.970 bits per heavy atom. The van der Waals surface area contributed by atoms with E-state index in [-0.39, 0.29) is 23.6 Å². The van der Waals surface area contributed by atoms with Gasteiger partial charge in [-0.2, -0.15) is 28.5 Å². The fourth-order valence-electron chi connectivity index (χ4n) is 3.30. The molecule has 1 aliphatic rings. The number of hydrazone groups is 1. The molecule has 1 amide bonds. The Morgan fingerprint density at radius 3 is 2.36 bits per heavy atom. The van der Waals surface area contributed by atoms with E-state index in [9.17, 15) is 23.2 Å². The zero-order chi connectivity index (χ0) is 23.4. The lowest BCUT2D eigenvalue weighted by atomic mass is 10.0. The monoisotopic (exact) mass is 447 g/mol. The maximum Gasteiger partial charge on any atom is 0.435 e. The van der Waals surface area contributed by atoms with Crippen molar-refractivity contribution in [3.63, 3.8) is 0 Å². The van der Waals surface area contributed by atoms with Gasteiger partial charge in [-0.25, -0.2) is 0 Å². The third-order valence-corrected chi connectivity index (χ3v) is 4.89. The Balaban J connectivity index is 1.69. The molecule has 0 N–H and O–H groups in total. The van der Waals surface area contributed by atoms with Gasteiger partial charge < -0.3 is 4.74 Å². The number of nitrogens with zero attached hydrogens (tertiary/aromatic N) is 3. The van der Waals surface area contributed by atoms with E-state index >= 15 is 0 Å². The summed E-state index contributed by atoms with van der Waals surface area (Å²) in [5.41, 5.74) is -0.287. The highest BCUT2D eigenvalue weighted by atomic mass is 19.4. The minimum atomic E-state index is -4.83. The summed E-state index contributed by atoms with van der Waals surface area (Å²) >= 11 is 0. The first kappa shape index (κ1) is 21.8. The van der Waals surface area contributed by atoms with Gasteiger partial charge in [-0.05, 0) is 30.3 Å². The molecule has 3 aromatic rings. The molecule has 8 heteroatoms. The lowest BCUT2D eigenvalue weighted by molar-refractivity contribution is -0.114. The standard InChI is InChI=1S/C25H16F3N3O2/c26-25(27,28)23-21(24(32)31(30-23)20-11-2-1-3-12-20)14-17-8-6-7-13-22(17)33-16-19-10-5-4-9-18(19)15-29/h1-14H,16H2/b21-14-. The number of alkyl halides is 3. The zero-order valence-electron chi connectivity index (χ0n) is 17.1. The van der Waals surface area contributed by atoms with E-state index in [1.165, 1.54) is 12.1 Å². The lowest BCUT2D eigenvalue weighted by Crippen LogP contribution is -2.25. The molecule has 0 aliphatic carbocycles. The van der Waals surface area contributed by atoms with Crippen molar-refractivity contribution in [3.05, 3.63) is 101 Å². The van der Waals surface area contributed by atoms with Crippen LogP contribution in [0.1, 0.15) is 16.7 Å². The average molecular weight is 447 g/mol. The number of para-hydroxylation sites is 2.